The maximum absolute atomic E-state index is 12.0. The van der Waals surface area contributed by atoms with Crippen LogP contribution in [0.3, 0.4) is 0 Å². The van der Waals surface area contributed by atoms with Gasteiger partial charge in [-0.15, -0.1) is 0 Å². The Morgan fingerprint density at radius 3 is 2.64 bits per heavy atom. The van der Waals surface area contributed by atoms with E-state index < -0.39 is 0 Å². The minimum Gasteiger partial charge on any atom is -0.355 e. The lowest BCUT2D eigenvalue weighted by molar-refractivity contribution is 0.0944. The molecule has 0 fully saturated rings. The van der Waals surface area contributed by atoms with Gasteiger partial charge in [0.1, 0.15) is 5.69 Å². The summed E-state index contributed by atoms with van der Waals surface area (Å²) in [6, 6.07) is 9.62. The van der Waals surface area contributed by atoms with Crippen molar-refractivity contribution in [1.29, 1.82) is 0 Å². The van der Waals surface area contributed by atoms with Gasteiger partial charge in [0.05, 0.1) is 0 Å². The van der Waals surface area contributed by atoms with E-state index in [-0.39, 0.29) is 5.91 Å². The van der Waals surface area contributed by atoms with Gasteiger partial charge in [-0.05, 0) is 48.7 Å². The normalized spacial score (nSPS) is 10.6. The van der Waals surface area contributed by atoms with Crippen LogP contribution >= 0.6 is 15.9 Å². The highest BCUT2D eigenvalue weighted by molar-refractivity contribution is 9.10. The Labute approximate surface area is 139 Å². The first kappa shape index (κ1) is 16.5. The number of hydrogen-bond acceptors (Lipinski definition) is 3. The first-order valence-corrected chi connectivity index (χ1v) is 8.02. The lowest BCUT2D eigenvalue weighted by atomic mass is 10.2. The van der Waals surface area contributed by atoms with Crippen molar-refractivity contribution in [1.82, 2.24) is 10.3 Å². The van der Waals surface area contributed by atoms with E-state index in [0.29, 0.717) is 18.2 Å². The molecule has 0 aliphatic rings. The van der Waals surface area contributed by atoms with Crippen LogP contribution in [0.15, 0.2) is 41.0 Å². The van der Waals surface area contributed by atoms with Crippen molar-refractivity contribution < 1.29 is 4.79 Å². The number of halogens is 1. The van der Waals surface area contributed by atoms with Gasteiger partial charge in [-0.25, -0.2) is 0 Å². The Morgan fingerprint density at radius 1 is 1.23 bits per heavy atom. The summed E-state index contributed by atoms with van der Waals surface area (Å²) in [5.74, 6) is 0.264. The van der Waals surface area contributed by atoms with Crippen molar-refractivity contribution in [2.75, 3.05) is 11.9 Å². The maximum atomic E-state index is 12.0. The molecular weight excluding hydrogens is 342 g/mol. The van der Waals surface area contributed by atoms with E-state index in [0.717, 1.165) is 21.4 Å². The first-order valence-electron chi connectivity index (χ1n) is 7.23. The van der Waals surface area contributed by atoms with Gasteiger partial charge in [0, 0.05) is 28.6 Å². The van der Waals surface area contributed by atoms with Crippen LogP contribution in [0.5, 0.6) is 0 Å². The van der Waals surface area contributed by atoms with Crippen LogP contribution in [0.4, 0.5) is 11.4 Å². The molecule has 4 nitrogen and oxygen atoms in total. The number of anilines is 2. The number of rotatable bonds is 5. The van der Waals surface area contributed by atoms with E-state index in [1.54, 1.807) is 12.3 Å². The zero-order valence-corrected chi connectivity index (χ0v) is 14.6. The zero-order valence-electron chi connectivity index (χ0n) is 13.0. The second-order valence-electron chi connectivity index (χ2n) is 5.62. The third-order valence-corrected chi connectivity index (χ3v) is 4.00. The molecule has 0 spiro atoms. The molecular formula is C17H20BrN3O. The molecule has 0 atom stereocenters. The van der Waals surface area contributed by atoms with Crippen LogP contribution in [0.2, 0.25) is 0 Å². The van der Waals surface area contributed by atoms with Crippen LogP contribution < -0.4 is 10.6 Å². The fourth-order valence-corrected chi connectivity index (χ4v) is 2.16. The molecule has 0 saturated heterocycles. The number of carbonyl (C=O) groups excluding carboxylic acids is 1. The Morgan fingerprint density at radius 2 is 1.95 bits per heavy atom. The molecule has 0 aliphatic carbocycles. The number of benzene rings is 1. The third-order valence-electron chi connectivity index (χ3n) is 3.11. The van der Waals surface area contributed by atoms with Gasteiger partial charge in [0.2, 0.25) is 0 Å². The van der Waals surface area contributed by atoms with Crippen molar-refractivity contribution in [2.24, 2.45) is 5.92 Å². The van der Waals surface area contributed by atoms with E-state index in [2.05, 4.69) is 45.4 Å². The molecule has 22 heavy (non-hydrogen) atoms. The summed E-state index contributed by atoms with van der Waals surface area (Å²) in [7, 11) is 0. The summed E-state index contributed by atoms with van der Waals surface area (Å²) < 4.78 is 1.07. The Hall–Kier alpha value is -1.88. The number of amides is 1. The van der Waals surface area contributed by atoms with Crippen molar-refractivity contribution in [3.05, 3.63) is 52.3 Å². The maximum Gasteiger partial charge on any atom is 0.269 e. The molecule has 1 amide bonds. The highest BCUT2D eigenvalue weighted by Gasteiger charge is 2.08. The minimum atomic E-state index is -0.149. The fourth-order valence-electron chi connectivity index (χ4n) is 1.91. The highest BCUT2D eigenvalue weighted by atomic mass is 79.9. The van der Waals surface area contributed by atoms with Crippen LogP contribution in [0.25, 0.3) is 0 Å². The molecule has 1 aromatic carbocycles. The monoisotopic (exact) mass is 361 g/mol. The number of nitrogens with zero attached hydrogens (tertiary/aromatic N) is 1. The number of aryl methyl sites for hydroxylation is 1. The number of aromatic nitrogens is 1. The van der Waals surface area contributed by atoms with E-state index in [1.807, 2.05) is 31.2 Å². The van der Waals surface area contributed by atoms with Gasteiger partial charge < -0.3 is 10.6 Å². The fraction of sp³-hybridized carbons (Fsp3) is 0.294. The first-order chi connectivity index (χ1) is 10.5. The van der Waals surface area contributed by atoms with Crippen LogP contribution in [-0.2, 0) is 0 Å². The Balaban J connectivity index is 2.10. The Bertz CT molecular complexity index is 671. The molecule has 2 N–H and O–H groups in total. The predicted octanol–water partition coefficient (Wildman–Crippen LogP) is 4.28. The molecule has 0 saturated carbocycles. The van der Waals surface area contributed by atoms with E-state index in [4.69, 9.17) is 0 Å². The largest absolute Gasteiger partial charge is 0.355 e. The standard InChI is InChI=1S/C17H20BrN3O/c1-11(2)10-20-17(22)16-9-14(6-7-19-16)21-13-4-5-15(18)12(3)8-13/h4-9,11H,10H2,1-3H3,(H,19,21)(H,20,22). The highest BCUT2D eigenvalue weighted by Crippen LogP contribution is 2.23. The molecule has 2 rings (SSSR count). The number of carbonyl (C=O) groups is 1. The molecule has 1 heterocycles. The third kappa shape index (κ3) is 4.56. The molecule has 116 valence electrons. The summed E-state index contributed by atoms with van der Waals surface area (Å²) in [6.07, 6.45) is 1.64. The Kier molecular flexibility index (Phi) is 5.55. The van der Waals surface area contributed by atoms with Gasteiger partial charge >= 0.3 is 0 Å². The predicted molar refractivity (Wildman–Crippen MR) is 93.6 cm³/mol. The summed E-state index contributed by atoms with van der Waals surface area (Å²) >= 11 is 3.48. The summed E-state index contributed by atoms with van der Waals surface area (Å²) in [5.41, 5.74) is 3.38. The molecule has 0 unspecified atom stereocenters. The summed E-state index contributed by atoms with van der Waals surface area (Å²) in [6.45, 7) is 6.79. The van der Waals surface area contributed by atoms with Crippen LogP contribution in [0.1, 0.15) is 29.9 Å². The van der Waals surface area contributed by atoms with Gasteiger partial charge in [0.15, 0.2) is 0 Å². The minimum absolute atomic E-state index is 0.149. The van der Waals surface area contributed by atoms with Crippen LogP contribution in [0, 0.1) is 12.8 Å². The van der Waals surface area contributed by atoms with Crippen molar-refractivity contribution >= 4 is 33.2 Å². The number of hydrogen-bond donors (Lipinski definition) is 2. The number of pyridine rings is 1. The molecule has 5 heteroatoms. The van der Waals surface area contributed by atoms with Crippen molar-refractivity contribution in [3.8, 4) is 0 Å². The van der Waals surface area contributed by atoms with Gasteiger partial charge in [0.25, 0.3) is 5.91 Å². The van der Waals surface area contributed by atoms with E-state index >= 15 is 0 Å². The quantitative estimate of drug-likeness (QED) is 0.835. The second kappa shape index (κ2) is 7.40. The average Bonchev–Trinajstić information content (AvgIpc) is 2.49. The van der Waals surface area contributed by atoms with E-state index in [9.17, 15) is 4.79 Å². The lowest BCUT2D eigenvalue weighted by Crippen LogP contribution is -2.28. The van der Waals surface area contributed by atoms with Crippen molar-refractivity contribution in [2.45, 2.75) is 20.8 Å². The van der Waals surface area contributed by atoms with E-state index in [1.165, 1.54) is 0 Å². The lowest BCUT2D eigenvalue weighted by Gasteiger charge is -2.10. The average molecular weight is 362 g/mol. The molecule has 2 aromatic rings. The van der Waals surface area contributed by atoms with Crippen molar-refractivity contribution in [3.63, 3.8) is 0 Å². The van der Waals surface area contributed by atoms with Gasteiger partial charge in [-0.1, -0.05) is 29.8 Å². The molecule has 1 aromatic heterocycles. The zero-order chi connectivity index (χ0) is 16.1. The second-order valence-corrected chi connectivity index (χ2v) is 6.48. The van der Waals surface area contributed by atoms with Crippen LogP contribution in [-0.4, -0.2) is 17.4 Å². The van der Waals surface area contributed by atoms with Gasteiger partial charge in [-0.2, -0.15) is 0 Å². The molecule has 0 radical (unpaired) electrons. The van der Waals surface area contributed by atoms with Gasteiger partial charge in [-0.3, -0.25) is 9.78 Å². The summed E-state index contributed by atoms with van der Waals surface area (Å²) in [4.78, 5) is 16.2. The SMILES string of the molecule is Cc1cc(Nc2ccnc(C(=O)NCC(C)C)c2)ccc1Br. The smallest absolute Gasteiger partial charge is 0.269 e. The molecule has 0 aliphatic heterocycles. The molecule has 0 bridgehead atoms. The summed E-state index contributed by atoms with van der Waals surface area (Å²) in [5, 5.41) is 6.16. The number of nitrogens with one attached hydrogen (secondary N) is 2. The topological polar surface area (TPSA) is 54.0 Å².